The first-order valence-corrected chi connectivity index (χ1v) is 16.4. The van der Waals surface area contributed by atoms with Gasteiger partial charge < -0.3 is 18.3 Å². The molecule has 0 aliphatic heterocycles. The molecular formula is C32H52O5Si. The first-order chi connectivity index (χ1) is 17.4. The lowest BCUT2D eigenvalue weighted by atomic mass is 9.95. The minimum Gasteiger partial charge on any atom is -0.468 e. The fourth-order valence-corrected chi connectivity index (χ4v) is 5.26. The van der Waals surface area contributed by atoms with E-state index in [2.05, 4.69) is 85.9 Å². The molecule has 0 aromatic carbocycles. The molecule has 1 aromatic heterocycles. The fourth-order valence-electron chi connectivity index (χ4n) is 3.87. The van der Waals surface area contributed by atoms with E-state index in [0.717, 1.165) is 0 Å². The molecular weight excluding hydrogens is 492 g/mol. The molecule has 1 unspecified atom stereocenters. The lowest BCUT2D eigenvalue weighted by Crippen LogP contribution is -2.45. The summed E-state index contributed by atoms with van der Waals surface area (Å²) >= 11 is 0. The second-order valence-corrected chi connectivity index (χ2v) is 16.9. The molecule has 1 heterocycles. The van der Waals surface area contributed by atoms with Crippen LogP contribution in [0, 0.1) is 19.8 Å². The predicted octanol–water partition coefficient (Wildman–Crippen LogP) is 8.57. The molecule has 0 amide bonds. The summed E-state index contributed by atoms with van der Waals surface area (Å²) in [5, 5.41) is 0.153. The van der Waals surface area contributed by atoms with Gasteiger partial charge in [-0.05, 0) is 83.8 Å². The van der Waals surface area contributed by atoms with Crippen LogP contribution in [0.3, 0.4) is 0 Å². The predicted molar refractivity (Wildman–Crippen MR) is 164 cm³/mol. The normalized spacial score (nSPS) is 17.2. The highest BCUT2D eigenvalue weighted by Crippen LogP contribution is 2.39. The van der Waals surface area contributed by atoms with Crippen LogP contribution in [0.1, 0.15) is 78.7 Å². The second-order valence-electron chi connectivity index (χ2n) is 12.1. The highest BCUT2D eigenvalue weighted by atomic mass is 28.4. The smallest absolute Gasteiger partial charge is 0.291 e. The third-order valence-electron chi connectivity index (χ3n) is 7.84. The number of methoxy groups -OCH3 is 2. The van der Waals surface area contributed by atoms with Crippen LogP contribution in [0.2, 0.25) is 18.1 Å². The van der Waals surface area contributed by atoms with E-state index in [0.29, 0.717) is 23.3 Å². The van der Waals surface area contributed by atoms with Crippen LogP contribution >= 0.6 is 0 Å². The highest BCUT2D eigenvalue weighted by Gasteiger charge is 2.40. The summed E-state index contributed by atoms with van der Waals surface area (Å²) in [6.07, 6.45) is 13.1. The van der Waals surface area contributed by atoms with Crippen molar-refractivity contribution in [1.29, 1.82) is 0 Å². The molecule has 5 nitrogen and oxygen atoms in total. The molecule has 0 radical (unpaired) electrons. The molecule has 6 heteroatoms. The Morgan fingerprint density at radius 3 is 2.18 bits per heavy atom. The number of hydrogen-bond donors (Lipinski definition) is 0. The standard InChI is InChI=1S/C32H52O5Si/c1-15-23(3)29(37-38(13,14)31(7,8)9)24(4)21-22(2)17-16-19-32(10,35-12)20-18-27-25(5)28(33)26(6)30(34-11)36-27/h15-18,20-21,24,29H,19H2,1-14H3/b17-16+,20-18+,22-21-,23-15+/t24-,29+,32?/m1/s1. The van der Waals surface area contributed by atoms with E-state index in [-0.39, 0.29) is 28.4 Å². The summed E-state index contributed by atoms with van der Waals surface area (Å²) in [7, 11) is 1.26. The van der Waals surface area contributed by atoms with E-state index in [1.807, 2.05) is 13.0 Å². The van der Waals surface area contributed by atoms with E-state index < -0.39 is 13.9 Å². The minimum atomic E-state index is -1.92. The van der Waals surface area contributed by atoms with Gasteiger partial charge in [0.05, 0.1) is 24.4 Å². The van der Waals surface area contributed by atoms with E-state index in [9.17, 15) is 4.79 Å². The first kappa shape index (κ1) is 33.9. The maximum Gasteiger partial charge on any atom is 0.291 e. The summed E-state index contributed by atoms with van der Waals surface area (Å²) in [4.78, 5) is 12.5. The quantitative estimate of drug-likeness (QED) is 0.150. The molecule has 0 saturated carbocycles. The Hall–Kier alpha value is -2.15. The van der Waals surface area contributed by atoms with Gasteiger partial charge in [-0.15, -0.1) is 0 Å². The summed E-state index contributed by atoms with van der Waals surface area (Å²) in [6, 6.07) is 0. The van der Waals surface area contributed by atoms with Gasteiger partial charge in [0.1, 0.15) is 5.76 Å². The van der Waals surface area contributed by atoms with E-state index >= 15 is 0 Å². The minimum absolute atomic E-state index is 0.0563. The van der Waals surface area contributed by atoms with Crippen LogP contribution in [0.5, 0.6) is 5.95 Å². The maximum atomic E-state index is 12.5. The summed E-state index contributed by atoms with van der Waals surface area (Å²) in [6.45, 7) is 25.5. The summed E-state index contributed by atoms with van der Waals surface area (Å²) in [5.74, 6) is 0.945. The Balaban J connectivity index is 3.09. The average molecular weight is 545 g/mol. The lowest BCUT2D eigenvalue weighted by Gasteiger charge is -2.41. The van der Waals surface area contributed by atoms with Crippen LogP contribution < -0.4 is 10.2 Å². The van der Waals surface area contributed by atoms with Crippen molar-refractivity contribution in [3.05, 3.63) is 68.6 Å². The Morgan fingerprint density at radius 2 is 1.68 bits per heavy atom. The number of rotatable bonds is 12. The van der Waals surface area contributed by atoms with Crippen molar-refractivity contribution >= 4 is 14.4 Å². The molecule has 0 bridgehead atoms. The molecule has 0 aliphatic rings. The molecule has 38 heavy (non-hydrogen) atoms. The zero-order valence-electron chi connectivity index (χ0n) is 26.4. The molecule has 0 aliphatic carbocycles. The van der Waals surface area contributed by atoms with Gasteiger partial charge in [-0.1, -0.05) is 57.6 Å². The second kappa shape index (κ2) is 13.8. The lowest BCUT2D eigenvalue weighted by molar-refractivity contribution is 0.0521. The van der Waals surface area contributed by atoms with Gasteiger partial charge in [-0.2, -0.15) is 0 Å². The van der Waals surface area contributed by atoms with Gasteiger partial charge in [-0.3, -0.25) is 4.79 Å². The molecule has 0 N–H and O–H groups in total. The Bertz CT molecular complexity index is 1110. The molecule has 1 rings (SSSR count). The SMILES string of the molecule is C/C=C(\C)[C@H](O[Si](C)(C)C(C)(C)C)[C@H](C)/C=C(C)\C=C\CC(C)(/C=C/c1oc(OC)c(C)c(=O)c1C)OC. The zero-order valence-corrected chi connectivity index (χ0v) is 27.4. The van der Waals surface area contributed by atoms with Crippen LogP contribution in [0.15, 0.2) is 50.7 Å². The first-order valence-electron chi connectivity index (χ1n) is 13.5. The Kier molecular flexibility index (Phi) is 12.3. The fraction of sp³-hybridized carbons (Fsp3) is 0.594. The van der Waals surface area contributed by atoms with Gasteiger partial charge in [0.15, 0.2) is 13.7 Å². The summed E-state index contributed by atoms with van der Waals surface area (Å²) in [5.41, 5.74) is 2.82. The Labute approximate surface area is 232 Å². The van der Waals surface area contributed by atoms with Crippen LogP contribution in [-0.4, -0.2) is 34.2 Å². The topological polar surface area (TPSA) is 57.9 Å². The van der Waals surface area contributed by atoms with E-state index in [4.69, 9.17) is 18.3 Å². The molecule has 214 valence electrons. The molecule has 0 fully saturated rings. The van der Waals surface area contributed by atoms with Crippen molar-refractivity contribution in [2.75, 3.05) is 14.2 Å². The molecule has 1 aromatic rings. The largest absolute Gasteiger partial charge is 0.468 e. The van der Waals surface area contributed by atoms with Crippen molar-refractivity contribution in [1.82, 2.24) is 0 Å². The monoisotopic (exact) mass is 544 g/mol. The number of ether oxygens (including phenoxy) is 2. The number of hydrogen-bond acceptors (Lipinski definition) is 5. The number of allylic oxidation sites excluding steroid dienone is 3. The van der Waals surface area contributed by atoms with Crippen LogP contribution in [0.4, 0.5) is 0 Å². The Morgan fingerprint density at radius 1 is 1.08 bits per heavy atom. The average Bonchev–Trinajstić information content (AvgIpc) is 2.84. The highest BCUT2D eigenvalue weighted by molar-refractivity contribution is 6.74. The zero-order chi connectivity index (χ0) is 29.5. The van der Waals surface area contributed by atoms with Gasteiger partial charge in [0, 0.05) is 18.6 Å². The van der Waals surface area contributed by atoms with Crippen molar-refractivity contribution in [3.8, 4) is 5.95 Å². The van der Waals surface area contributed by atoms with Gasteiger partial charge >= 0.3 is 0 Å². The van der Waals surface area contributed by atoms with Crippen LogP contribution in [0.25, 0.3) is 6.08 Å². The van der Waals surface area contributed by atoms with Crippen molar-refractivity contribution in [2.24, 2.45) is 5.92 Å². The van der Waals surface area contributed by atoms with Crippen molar-refractivity contribution in [3.63, 3.8) is 0 Å². The van der Waals surface area contributed by atoms with E-state index in [1.54, 1.807) is 27.0 Å². The molecule has 3 atom stereocenters. The maximum absolute atomic E-state index is 12.5. The van der Waals surface area contributed by atoms with E-state index in [1.165, 1.54) is 18.3 Å². The molecule has 0 saturated heterocycles. The van der Waals surface area contributed by atoms with Crippen LogP contribution in [-0.2, 0) is 9.16 Å². The third-order valence-corrected chi connectivity index (χ3v) is 12.3. The van der Waals surface area contributed by atoms with Crippen molar-refractivity contribution in [2.45, 2.75) is 105 Å². The summed E-state index contributed by atoms with van der Waals surface area (Å²) < 4.78 is 23.7. The molecule has 0 spiro atoms. The van der Waals surface area contributed by atoms with Crippen molar-refractivity contribution < 1.29 is 18.3 Å². The van der Waals surface area contributed by atoms with Gasteiger partial charge in [0.25, 0.3) is 5.95 Å². The van der Waals surface area contributed by atoms with Gasteiger partial charge in [-0.25, -0.2) is 0 Å². The van der Waals surface area contributed by atoms with Gasteiger partial charge in [0.2, 0.25) is 0 Å². The third kappa shape index (κ3) is 8.96.